The van der Waals surface area contributed by atoms with E-state index in [0.717, 1.165) is 12.8 Å². The van der Waals surface area contributed by atoms with Gasteiger partial charge in [0.1, 0.15) is 0 Å². The summed E-state index contributed by atoms with van der Waals surface area (Å²) in [4.78, 5) is 0.250. The van der Waals surface area contributed by atoms with Gasteiger partial charge in [0, 0.05) is 6.04 Å². The van der Waals surface area contributed by atoms with E-state index in [0.29, 0.717) is 17.0 Å². The molecule has 0 saturated carbocycles. The summed E-state index contributed by atoms with van der Waals surface area (Å²) in [6.07, 6.45) is 1.80. The Morgan fingerprint density at radius 3 is 2.40 bits per heavy atom. The lowest BCUT2D eigenvalue weighted by Crippen LogP contribution is -2.33. The third-order valence-corrected chi connectivity index (χ3v) is 5.12. The van der Waals surface area contributed by atoms with E-state index in [1.54, 1.807) is 25.1 Å². The molecule has 0 fully saturated rings. The van der Waals surface area contributed by atoms with Gasteiger partial charge in [0.2, 0.25) is 10.0 Å². The second-order valence-corrected chi connectivity index (χ2v) is 7.37. The second kappa shape index (κ2) is 7.20. The van der Waals surface area contributed by atoms with Gasteiger partial charge in [-0.1, -0.05) is 26.0 Å². The standard InChI is InChI=1S/C15H25NO3S/c1-11(2)8-9-12(3)16-20(18,19)15-7-5-6-14(10-17)13(15)4/h5-7,11-12,16-17H,8-10H2,1-4H3. The molecule has 2 N–H and O–H groups in total. The highest BCUT2D eigenvalue weighted by molar-refractivity contribution is 7.89. The van der Waals surface area contributed by atoms with Crippen molar-refractivity contribution >= 4 is 10.0 Å². The summed E-state index contributed by atoms with van der Waals surface area (Å²) in [6, 6.07) is 4.87. The molecule has 0 bridgehead atoms. The molecule has 0 heterocycles. The first kappa shape index (κ1) is 17.1. The SMILES string of the molecule is Cc1c(CO)cccc1S(=O)(=O)NC(C)CCC(C)C. The summed E-state index contributed by atoms with van der Waals surface area (Å²) in [7, 11) is -3.53. The van der Waals surface area contributed by atoms with Gasteiger partial charge in [0.05, 0.1) is 11.5 Å². The number of benzene rings is 1. The quantitative estimate of drug-likeness (QED) is 0.813. The summed E-state index contributed by atoms with van der Waals surface area (Å²) < 4.78 is 27.5. The zero-order valence-electron chi connectivity index (χ0n) is 12.7. The molecule has 0 aliphatic rings. The van der Waals surface area contributed by atoms with Crippen LogP contribution in [0.25, 0.3) is 0 Å². The molecule has 0 aromatic heterocycles. The molecule has 20 heavy (non-hydrogen) atoms. The summed E-state index contributed by atoms with van der Waals surface area (Å²) in [5, 5.41) is 9.22. The molecule has 0 saturated heterocycles. The van der Waals surface area contributed by atoms with Gasteiger partial charge in [0.25, 0.3) is 0 Å². The summed E-state index contributed by atoms with van der Waals surface area (Å²) in [5.41, 5.74) is 1.25. The van der Waals surface area contributed by atoms with Crippen molar-refractivity contribution < 1.29 is 13.5 Å². The lowest BCUT2D eigenvalue weighted by Gasteiger charge is -2.17. The third-order valence-electron chi connectivity index (χ3n) is 3.39. The molecule has 0 aliphatic heterocycles. The van der Waals surface area contributed by atoms with Gasteiger partial charge in [-0.3, -0.25) is 0 Å². The van der Waals surface area contributed by atoms with E-state index in [9.17, 15) is 13.5 Å². The molecule has 0 amide bonds. The van der Waals surface area contributed by atoms with Crippen LogP contribution in [0.2, 0.25) is 0 Å². The van der Waals surface area contributed by atoms with Gasteiger partial charge >= 0.3 is 0 Å². The molecule has 1 aromatic rings. The van der Waals surface area contributed by atoms with Crippen LogP contribution >= 0.6 is 0 Å². The summed E-state index contributed by atoms with van der Waals surface area (Å²) >= 11 is 0. The maximum Gasteiger partial charge on any atom is 0.241 e. The van der Waals surface area contributed by atoms with Crippen molar-refractivity contribution in [2.24, 2.45) is 5.92 Å². The Bertz CT molecular complexity index is 538. The van der Waals surface area contributed by atoms with Gasteiger partial charge in [-0.15, -0.1) is 0 Å². The summed E-state index contributed by atoms with van der Waals surface area (Å²) in [5.74, 6) is 0.557. The van der Waals surface area contributed by atoms with E-state index >= 15 is 0 Å². The van der Waals surface area contributed by atoms with Crippen molar-refractivity contribution in [3.05, 3.63) is 29.3 Å². The van der Waals surface area contributed by atoms with Crippen LogP contribution in [-0.4, -0.2) is 19.6 Å². The van der Waals surface area contributed by atoms with Crippen molar-refractivity contribution in [3.63, 3.8) is 0 Å². The first-order valence-electron chi connectivity index (χ1n) is 6.99. The molecule has 0 radical (unpaired) electrons. The van der Waals surface area contributed by atoms with Gasteiger partial charge in [-0.05, 0) is 49.8 Å². The molecule has 1 aromatic carbocycles. The molecule has 1 rings (SSSR count). The number of hydrogen-bond acceptors (Lipinski definition) is 3. The molecule has 4 nitrogen and oxygen atoms in total. The van der Waals surface area contributed by atoms with Crippen LogP contribution in [0.5, 0.6) is 0 Å². The molecule has 5 heteroatoms. The number of aliphatic hydroxyl groups excluding tert-OH is 1. The Labute approximate surface area is 122 Å². The highest BCUT2D eigenvalue weighted by Gasteiger charge is 2.20. The zero-order valence-corrected chi connectivity index (χ0v) is 13.5. The van der Waals surface area contributed by atoms with Crippen LogP contribution in [0.4, 0.5) is 0 Å². The van der Waals surface area contributed by atoms with Crippen LogP contribution in [0, 0.1) is 12.8 Å². The molecule has 0 spiro atoms. The molecule has 114 valence electrons. The smallest absolute Gasteiger partial charge is 0.241 e. The van der Waals surface area contributed by atoms with Gasteiger partial charge in [-0.2, -0.15) is 0 Å². The van der Waals surface area contributed by atoms with E-state index in [-0.39, 0.29) is 17.5 Å². The minimum absolute atomic E-state index is 0.0976. The highest BCUT2D eigenvalue weighted by atomic mass is 32.2. The minimum atomic E-state index is -3.53. The third kappa shape index (κ3) is 4.58. The Hall–Kier alpha value is -0.910. The summed E-state index contributed by atoms with van der Waals surface area (Å²) in [6.45, 7) is 7.69. The van der Waals surface area contributed by atoms with E-state index in [2.05, 4.69) is 18.6 Å². The Balaban J connectivity index is 2.89. The number of rotatable bonds is 7. The van der Waals surface area contributed by atoms with Gasteiger partial charge in [-0.25, -0.2) is 13.1 Å². The maximum absolute atomic E-state index is 12.4. The van der Waals surface area contributed by atoms with Crippen LogP contribution in [0.1, 0.15) is 44.7 Å². The van der Waals surface area contributed by atoms with Crippen LogP contribution in [-0.2, 0) is 16.6 Å². The Morgan fingerprint density at radius 1 is 1.20 bits per heavy atom. The average molecular weight is 299 g/mol. The number of hydrogen-bond donors (Lipinski definition) is 2. The number of sulfonamides is 1. The molecular weight excluding hydrogens is 274 g/mol. The van der Waals surface area contributed by atoms with E-state index in [1.165, 1.54) is 0 Å². The largest absolute Gasteiger partial charge is 0.392 e. The predicted molar refractivity (Wildman–Crippen MR) is 81.0 cm³/mol. The molecular formula is C15H25NO3S. The topological polar surface area (TPSA) is 66.4 Å². The Kier molecular flexibility index (Phi) is 6.17. The fraction of sp³-hybridized carbons (Fsp3) is 0.600. The minimum Gasteiger partial charge on any atom is -0.392 e. The normalized spacial score (nSPS) is 13.7. The number of nitrogens with one attached hydrogen (secondary N) is 1. The van der Waals surface area contributed by atoms with Gasteiger partial charge in [0.15, 0.2) is 0 Å². The molecule has 1 atom stereocenters. The monoisotopic (exact) mass is 299 g/mol. The van der Waals surface area contributed by atoms with Crippen LogP contribution in [0.15, 0.2) is 23.1 Å². The first-order valence-corrected chi connectivity index (χ1v) is 8.48. The molecule has 0 aliphatic carbocycles. The van der Waals surface area contributed by atoms with Crippen molar-refractivity contribution in [1.29, 1.82) is 0 Å². The zero-order chi connectivity index (χ0) is 15.3. The van der Waals surface area contributed by atoms with Crippen molar-refractivity contribution in [2.45, 2.75) is 58.1 Å². The van der Waals surface area contributed by atoms with Crippen molar-refractivity contribution in [1.82, 2.24) is 4.72 Å². The van der Waals surface area contributed by atoms with E-state index in [4.69, 9.17) is 0 Å². The average Bonchev–Trinajstić information content (AvgIpc) is 2.36. The fourth-order valence-electron chi connectivity index (χ4n) is 2.09. The number of aliphatic hydroxyl groups is 1. The maximum atomic E-state index is 12.4. The van der Waals surface area contributed by atoms with Gasteiger partial charge < -0.3 is 5.11 Å². The predicted octanol–water partition coefficient (Wildman–Crippen LogP) is 2.59. The second-order valence-electron chi connectivity index (χ2n) is 5.69. The Morgan fingerprint density at radius 2 is 1.85 bits per heavy atom. The highest BCUT2D eigenvalue weighted by Crippen LogP contribution is 2.19. The first-order chi connectivity index (χ1) is 9.27. The van der Waals surface area contributed by atoms with E-state index in [1.807, 2.05) is 6.92 Å². The van der Waals surface area contributed by atoms with Crippen molar-refractivity contribution in [3.8, 4) is 0 Å². The van der Waals surface area contributed by atoms with Crippen LogP contribution in [0.3, 0.4) is 0 Å². The van der Waals surface area contributed by atoms with Crippen molar-refractivity contribution in [2.75, 3.05) is 0 Å². The van der Waals surface area contributed by atoms with E-state index < -0.39 is 10.0 Å². The lowest BCUT2D eigenvalue weighted by atomic mass is 10.1. The lowest BCUT2D eigenvalue weighted by molar-refractivity contribution is 0.280. The molecule has 1 unspecified atom stereocenters. The van der Waals surface area contributed by atoms with Crippen LogP contribution < -0.4 is 4.72 Å². The fourth-order valence-corrected chi connectivity index (χ4v) is 3.66.